The van der Waals surface area contributed by atoms with Crippen LogP contribution in [0.15, 0.2) is 15.9 Å². The Morgan fingerprint density at radius 1 is 1.58 bits per heavy atom. The van der Waals surface area contributed by atoms with Crippen molar-refractivity contribution in [1.29, 1.82) is 0 Å². The zero-order chi connectivity index (χ0) is 8.55. The minimum Gasteiger partial charge on any atom is -0.298 e. The highest BCUT2D eigenvalue weighted by molar-refractivity contribution is 4.77. The number of hydrogen-bond donors (Lipinski definition) is 1. The molecule has 1 fully saturated rings. The topological polar surface area (TPSA) is 67.8 Å². The molecule has 0 bridgehead atoms. The average Bonchev–Trinajstić information content (AvgIpc) is 2.80. The normalized spacial score (nSPS) is 16.3. The summed E-state index contributed by atoms with van der Waals surface area (Å²) in [6.07, 6.45) is 3.36. The molecule has 0 aromatic carbocycles. The van der Waals surface area contributed by atoms with Crippen molar-refractivity contribution in [2.45, 2.75) is 19.4 Å². The molecule has 0 aliphatic heterocycles. The Morgan fingerprint density at radius 2 is 2.33 bits per heavy atom. The molecule has 2 rings (SSSR count). The predicted octanol–water partition coefficient (Wildman–Crippen LogP) is -0.658. The van der Waals surface area contributed by atoms with Crippen LogP contribution in [0.2, 0.25) is 0 Å². The van der Waals surface area contributed by atoms with Crippen molar-refractivity contribution in [3.05, 3.63) is 27.3 Å². The molecule has 0 atom stereocenters. The molecule has 1 saturated carbocycles. The van der Waals surface area contributed by atoms with Gasteiger partial charge in [0.1, 0.15) is 6.33 Å². The van der Waals surface area contributed by atoms with E-state index in [1.165, 1.54) is 0 Å². The molecule has 5 heteroatoms. The number of H-pyrrole nitrogens is 1. The number of rotatable bonds is 2. The van der Waals surface area contributed by atoms with Crippen molar-refractivity contribution in [1.82, 2.24) is 14.5 Å². The Bertz CT molecular complexity index is 360. The third-order valence-corrected chi connectivity index (χ3v) is 1.98. The Kier molecular flexibility index (Phi) is 1.56. The molecule has 5 nitrogen and oxygen atoms in total. The van der Waals surface area contributed by atoms with E-state index in [0.717, 1.165) is 23.7 Å². The molecule has 1 aromatic heterocycles. The molecule has 1 aromatic rings. The van der Waals surface area contributed by atoms with Crippen molar-refractivity contribution in [3.8, 4) is 0 Å². The highest BCUT2D eigenvalue weighted by atomic mass is 16.2. The smallest absolute Gasteiger partial charge is 0.298 e. The quantitative estimate of drug-likeness (QED) is 0.635. The van der Waals surface area contributed by atoms with Gasteiger partial charge in [-0.25, -0.2) is 14.2 Å². The summed E-state index contributed by atoms with van der Waals surface area (Å²) < 4.78 is 1.15. The van der Waals surface area contributed by atoms with Gasteiger partial charge in [-0.1, -0.05) is 0 Å². The van der Waals surface area contributed by atoms with E-state index in [2.05, 4.69) is 9.97 Å². The van der Waals surface area contributed by atoms with E-state index in [0.29, 0.717) is 12.5 Å². The third-order valence-electron chi connectivity index (χ3n) is 1.98. The zero-order valence-electron chi connectivity index (χ0n) is 6.49. The van der Waals surface area contributed by atoms with Gasteiger partial charge < -0.3 is 0 Å². The maximum Gasteiger partial charge on any atom is 0.353 e. The monoisotopic (exact) mass is 167 g/mol. The Hall–Kier alpha value is -1.39. The molecule has 0 spiro atoms. The van der Waals surface area contributed by atoms with Crippen LogP contribution in [-0.4, -0.2) is 14.5 Å². The fourth-order valence-corrected chi connectivity index (χ4v) is 1.10. The van der Waals surface area contributed by atoms with Crippen LogP contribution < -0.4 is 11.4 Å². The summed E-state index contributed by atoms with van der Waals surface area (Å²) >= 11 is 0. The summed E-state index contributed by atoms with van der Waals surface area (Å²) in [4.78, 5) is 27.9. The van der Waals surface area contributed by atoms with Gasteiger partial charge in [0.25, 0.3) is 0 Å². The lowest BCUT2D eigenvalue weighted by Gasteiger charge is -1.98. The standard InChI is InChI=1S/C7H9N3O2/c11-6-8-4-9-7(12)10(6)3-5-1-2-5/h4-5H,1-3H2,(H,8,9,11,12). The second kappa shape index (κ2) is 2.58. The first-order valence-electron chi connectivity index (χ1n) is 3.92. The SMILES string of the molecule is O=c1nc[nH]c(=O)n1CC1CC1. The number of aromatic nitrogens is 3. The second-order valence-corrected chi connectivity index (χ2v) is 3.04. The largest absolute Gasteiger partial charge is 0.353 e. The summed E-state index contributed by atoms with van der Waals surface area (Å²) in [7, 11) is 0. The van der Waals surface area contributed by atoms with E-state index < -0.39 is 5.69 Å². The molecule has 1 aliphatic rings. The predicted molar refractivity (Wildman–Crippen MR) is 41.8 cm³/mol. The van der Waals surface area contributed by atoms with Crippen molar-refractivity contribution in [3.63, 3.8) is 0 Å². The maximum atomic E-state index is 11.1. The maximum absolute atomic E-state index is 11.1. The van der Waals surface area contributed by atoms with E-state index in [1.807, 2.05) is 0 Å². The lowest BCUT2D eigenvalue weighted by atomic mass is 10.4. The van der Waals surface area contributed by atoms with Gasteiger partial charge in [-0.3, -0.25) is 4.98 Å². The Morgan fingerprint density at radius 3 is 2.92 bits per heavy atom. The molecule has 1 aliphatic carbocycles. The van der Waals surface area contributed by atoms with Crippen LogP contribution in [0.4, 0.5) is 0 Å². The van der Waals surface area contributed by atoms with Crippen molar-refractivity contribution in [2.75, 3.05) is 0 Å². The van der Waals surface area contributed by atoms with Crippen LogP contribution in [0.25, 0.3) is 0 Å². The Labute approximate surface area is 68.1 Å². The molecule has 12 heavy (non-hydrogen) atoms. The minimum absolute atomic E-state index is 0.359. The number of nitrogens with one attached hydrogen (secondary N) is 1. The third kappa shape index (κ3) is 1.30. The molecule has 0 saturated heterocycles. The van der Waals surface area contributed by atoms with Crippen molar-refractivity contribution in [2.24, 2.45) is 5.92 Å². The first kappa shape index (κ1) is 7.27. The fraction of sp³-hybridized carbons (Fsp3) is 0.571. The van der Waals surface area contributed by atoms with E-state index in [4.69, 9.17) is 0 Å². The van der Waals surface area contributed by atoms with Gasteiger partial charge in [0.2, 0.25) is 0 Å². The van der Waals surface area contributed by atoms with Gasteiger partial charge in [0.15, 0.2) is 0 Å². The van der Waals surface area contributed by atoms with E-state index in [1.54, 1.807) is 0 Å². The van der Waals surface area contributed by atoms with E-state index in [-0.39, 0.29) is 5.69 Å². The average molecular weight is 167 g/mol. The molecule has 0 radical (unpaired) electrons. The van der Waals surface area contributed by atoms with Crippen LogP contribution in [0.1, 0.15) is 12.8 Å². The molecule has 0 unspecified atom stereocenters. The van der Waals surface area contributed by atoms with Gasteiger partial charge in [-0.05, 0) is 18.8 Å². The van der Waals surface area contributed by atoms with Gasteiger partial charge >= 0.3 is 11.4 Å². The fourth-order valence-electron chi connectivity index (χ4n) is 1.10. The molecule has 1 N–H and O–H groups in total. The van der Waals surface area contributed by atoms with Crippen LogP contribution >= 0.6 is 0 Å². The Balaban J connectivity index is 2.39. The van der Waals surface area contributed by atoms with E-state index >= 15 is 0 Å². The second-order valence-electron chi connectivity index (χ2n) is 3.04. The van der Waals surface area contributed by atoms with Crippen LogP contribution in [0.3, 0.4) is 0 Å². The number of aromatic amines is 1. The van der Waals surface area contributed by atoms with Gasteiger partial charge in [-0.2, -0.15) is 4.98 Å². The minimum atomic E-state index is -0.453. The number of hydrogen-bond acceptors (Lipinski definition) is 3. The van der Waals surface area contributed by atoms with Gasteiger partial charge in [0, 0.05) is 6.54 Å². The summed E-state index contributed by atoms with van der Waals surface area (Å²) in [5, 5.41) is 0. The van der Waals surface area contributed by atoms with Crippen LogP contribution in [0.5, 0.6) is 0 Å². The summed E-state index contributed by atoms with van der Waals surface area (Å²) in [6, 6.07) is 0. The molecule has 0 amide bonds. The summed E-state index contributed by atoms with van der Waals surface area (Å²) in [5.74, 6) is 0.507. The first-order valence-corrected chi connectivity index (χ1v) is 3.92. The highest BCUT2D eigenvalue weighted by Crippen LogP contribution is 2.29. The lowest BCUT2D eigenvalue weighted by molar-refractivity contribution is 0.557. The van der Waals surface area contributed by atoms with Crippen molar-refractivity contribution < 1.29 is 0 Å². The zero-order valence-corrected chi connectivity index (χ0v) is 6.49. The van der Waals surface area contributed by atoms with Gasteiger partial charge in [-0.15, -0.1) is 0 Å². The molecule has 1 heterocycles. The summed E-state index contributed by atoms with van der Waals surface area (Å²) in [6.45, 7) is 0.516. The van der Waals surface area contributed by atoms with Crippen LogP contribution in [0, 0.1) is 5.92 Å². The highest BCUT2D eigenvalue weighted by Gasteiger charge is 2.23. The van der Waals surface area contributed by atoms with Gasteiger partial charge in [0.05, 0.1) is 0 Å². The lowest BCUT2D eigenvalue weighted by Crippen LogP contribution is -2.36. The van der Waals surface area contributed by atoms with Crippen LogP contribution in [-0.2, 0) is 6.54 Å². The number of nitrogens with zero attached hydrogens (tertiary/aromatic N) is 2. The first-order chi connectivity index (χ1) is 5.77. The van der Waals surface area contributed by atoms with E-state index in [9.17, 15) is 9.59 Å². The molecular formula is C7H9N3O2. The van der Waals surface area contributed by atoms with Crippen molar-refractivity contribution >= 4 is 0 Å². The molecular weight excluding hydrogens is 158 g/mol. The summed E-state index contributed by atoms with van der Waals surface area (Å²) in [5.41, 5.74) is -0.812. The molecule has 64 valence electrons.